The molecule has 0 saturated carbocycles. The fraction of sp³-hybridized carbons (Fsp3) is 0.250. The van der Waals surface area contributed by atoms with Gasteiger partial charge in [0.2, 0.25) is 13.4 Å². The number of halogens is 4. The summed E-state index contributed by atoms with van der Waals surface area (Å²) in [5.74, 6) is 1.79. The second kappa shape index (κ2) is 17.2. The van der Waals surface area contributed by atoms with E-state index in [1.165, 1.54) is 77.3 Å². The fourth-order valence-electron chi connectivity index (χ4n) is 9.05. The first-order valence-corrected chi connectivity index (χ1v) is 20.9. The van der Waals surface area contributed by atoms with Crippen molar-refractivity contribution in [3.8, 4) is 11.1 Å². The van der Waals surface area contributed by atoms with Crippen molar-refractivity contribution < 1.29 is 0 Å². The highest BCUT2D eigenvalue weighted by Gasteiger charge is 2.31. The van der Waals surface area contributed by atoms with E-state index in [0.29, 0.717) is 23.5 Å². The van der Waals surface area contributed by atoms with Gasteiger partial charge in [-0.1, -0.05) is 174 Å². The van der Waals surface area contributed by atoms with E-state index in [2.05, 4.69) is 152 Å². The number of rotatable bonds is 11. The minimum Gasteiger partial charge on any atom is -0.122 e. The van der Waals surface area contributed by atoms with Crippen LogP contribution in [-0.2, 0) is 23.5 Å². The van der Waals surface area contributed by atoms with Crippen molar-refractivity contribution in [1.82, 2.24) is 0 Å². The molecule has 0 spiro atoms. The van der Waals surface area contributed by atoms with E-state index in [1.807, 2.05) is 0 Å². The van der Waals surface area contributed by atoms with Crippen LogP contribution in [0.1, 0.15) is 66.8 Å². The van der Waals surface area contributed by atoms with Gasteiger partial charge in [0.05, 0.1) is 0 Å². The van der Waals surface area contributed by atoms with E-state index in [9.17, 15) is 0 Å². The lowest BCUT2D eigenvalue weighted by Crippen LogP contribution is -2.56. The topological polar surface area (TPSA) is 0 Å². The molecule has 6 heteroatoms. The zero-order valence-electron chi connectivity index (χ0n) is 32.7. The first kappa shape index (κ1) is 40.3. The molecule has 0 amide bonds. The highest BCUT2D eigenvalue weighted by molar-refractivity contribution is 6.97. The van der Waals surface area contributed by atoms with Gasteiger partial charge in [-0.3, -0.25) is 0 Å². The maximum Gasteiger partial charge on any atom is 0.242 e. The van der Waals surface area contributed by atoms with Gasteiger partial charge in [0.25, 0.3) is 0 Å². The molecule has 0 heterocycles. The molecule has 0 radical (unpaired) electrons. The van der Waals surface area contributed by atoms with Crippen LogP contribution in [-0.4, -0.2) is 13.4 Å². The lowest BCUT2D eigenvalue weighted by atomic mass is 9.34. The molecular weight excluding hydrogens is 740 g/mol. The standard InChI is InChI=1S/C48H48B2Cl4/c1-29-17-33(5)45(39(21-29)25-51)49(46-34(6)18-30(2)22-40(46)26-52)43-13-9-37(10-14-43)38-11-15-44(16-12-38)50(47-35(7)19-31(3)23-41(47)27-53)48-36(8)20-32(4)24-42(48)28-54/h9-24H,25-28H2,1-8H3. The summed E-state index contributed by atoms with van der Waals surface area (Å²) in [7, 11) is 0. The third kappa shape index (κ3) is 8.10. The third-order valence-corrected chi connectivity index (χ3v) is 12.2. The van der Waals surface area contributed by atoms with E-state index < -0.39 is 0 Å². The Labute approximate surface area is 344 Å². The van der Waals surface area contributed by atoms with Crippen LogP contribution < -0.4 is 32.8 Å². The molecule has 0 N–H and O–H groups in total. The van der Waals surface area contributed by atoms with Crippen molar-refractivity contribution in [3.05, 3.63) is 164 Å². The molecular formula is C48H48B2Cl4. The first-order chi connectivity index (χ1) is 25.9. The second-order valence-corrected chi connectivity index (χ2v) is 16.3. The second-order valence-electron chi connectivity index (χ2n) is 15.3. The van der Waals surface area contributed by atoms with Crippen molar-refractivity contribution in [1.29, 1.82) is 0 Å². The van der Waals surface area contributed by atoms with Gasteiger partial charge in [-0.2, -0.15) is 0 Å². The molecule has 0 aliphatic rings. The fourth-order valence-corrected chi connectivity index (χ4v) is 9.94. The van der Waals surface area contributed by atoms with Crippen molar-refractivity contribution >= 4 is 92.6 Å². The van der Waals surface area contributed by atoms with Crippen molar-refractivity contribution in [3.63, 3.8) is 0 Å². The van der Waals surface area contributed by atoms with Gasteiger partial charge >= 0.3 is 0 Å². The van der Waals surface area contributed by atoms with Gasteiger partial charge in [-0.25, -0.2) is 0 Å². The first-order valence-electron chi connectivity index (χ1n) is 18.7. The van der Waals surface area contributed by atoms with Crippen LogP contribution >= 0.6 is 46.4 Å². The minimum absolute atomic E-state index is 0.00589. The van der Waals surface area contributed by atoms with Gasteiger partial charge in [0.15, 0.2) is 0 Å². The van der Waals surface area contributed by atoms with Crippen molar-refractivity contribution in [2.24, 2.45) is 0 Å². The SMILES string of the molecule is Cc1cc(C)c(B(c2ccc(-c3ccc(B(c4c(C)cc(C)cc4CCl)c4c(C)cc(C)cc4CCl)cc3)cc2)c2c(C)cc(C)cc2CCl)c(CCl)c1. The highest BCUT2D eigenvalue weighted by Crippen LogP contribution is 2.22. The average molecular weight is 788 g/mol. The van der Waals surface area contributed by atoms with Crippen LogP contribution in [0.5, 0.6) is 0 Å². The molecule has 6 aromatic rings. The molecule has 0 nitrogen and oxygen atoms in total. The van der Waals surface area contributed by atoms with Crippen LogP contribution in [0.15, 0.2) is 97.1 Å². The predicted molar refractivity (Wildman–Crippen MR) is 243 cm³/mol. The van der Waals surface area contributed by atoms with E-state index in [0.717, 1.165) is 33.4 Å². The molecule has 274 valence electrons. The molecule has 0 atom stereocenters. The number of alkyl halides is 4. The van der Waals surface area contributed by atoms with Gasteiger partial charge in [-0.15, -0.1) is 46.4 Å². The number of aryl methyl sites for hydroxylation is 8. The van der Waals surface area contributed by atoms with E-state index in [4.69, 9.17) is 46.4 Å². The summed E-state index contributed by atoms with van der Waals surface area (Å²) in [4.78, 5) is 0. The predicted octanol–water partition coefficient (Wildman–Crippen LogP) is 9.81. The lowest BCUT2D eigenvalue weighted by molar-refractivity contribution is 1.31. The summed E-state index contributed by atoms with van der Waals surface area (Å²) in [5.41, 5.74) is 24.3. The van der Waals surface area contributed by atoms with Gasteiger partial charge in [0.1, 0.15) is 0 Å². The Kier molecular flexibility index (Phi) is 12.8. The normalized spacial score (nSPS) is 11.3. The summed E-state index contributed by atoms with van der Waals surface area (Å²) >= 11 is 26.7. The third-order valence-electron chi connectivity index (χ3n) is 11.0. The quantitative estimate of drug-likeness (QED) is 0.0907. The van der Waals surface area contributed by atoms with Crippen LogP contribution in [0.25, 0.3) is 11.1 Å². The van der Waals surface area contributed by atoms with Crippen LogP contribution in [0, 0.1) is 55.4 Å². The zero-order chi connectivity index (χ0) is 38.8. The van der Waals surface area contributed by atoms with Gasteiger partial charge < -0.3 is 0 Å². The number of hydrogen-bond acceptors (Lipinski definition) is 0. The number of hydrogen-bond donors (Lipinski definition) is 0. The van der Waals surface area contributed by atoms with Gasteiger partial charge in [-0.05, 0) is 88.8 Å². The Balaban J connectivity index is 1.46. The molecule has 0 aliphatic carbocycles. The van der Waals surface area contributed by atoms with Crippen molar-refractivity contribution in [2.75, 3.05) is 0 Å². The van der Waals surface area contributed by atoms with Gasteiger partial charge in [0, 0.05) is 23.5 Å². The molecule has 54 heavy (non-hydrogen) atoms. The Morgan fingerprint density at radius 1 is 0.333 bits per heavy atom. The molecule has 0 bridgehead atoms. The summed E-state index contributed by atoms with van der Waals surface area (Å²) < 4.78 is 0. The Morgan fingerprint density at radius 3 is 0.759 bits per heavy atom. The molecule has 0 aliphatic heterocycles. The minimum atomic E-state index is -0.00589. The Hall–Kier alpha value is -3.39. The summed E-state index contributed by atoms with van der Waals surface area (Å²) in [5, 5.41) is 0. The van der Waals surface area contributed by atoms with Crippen LogP contribution in [0.3, 0.4) is 0 Å². The smallest absolute Gasteiger partial charge is 0.122 e. The Bertz CT molecular complexity index is 2030. The molecule has 0 fully saturated rings. The largest absolute Gasteiger partial charge is 0.242 e. The lowest BCUT2D eigenvalue weighted by Gasteiger charge is -2.26. The van der Waals surface area contributed by atoms with E-state index >= 15 is 0 Å². The highest BCUT2D eigenvalue weighted by atomic mass is 35.5. The summed E-state index contributed by atoms with van der Waals surface area (Å²) in [6.45, 7) is 17.4. The zero-order valence-corrected chi connectivity index (χ0v) is 35.8. The molecule has 6 aromatic carbocycles. The maximum atomic E-state index is 6.68. The molecule has 6 rings (SSSR count). The molecule has 0 unspecified atom stereocenters. The molecule has 0 saturated heterocycles. The summed E-state index contributed by atoms with van der Waals surface area (Å²) in [6.07, 6.45) is 0. The maximum absolute atomic E-state index is 6.68. The summed E-state index contributed by atoms with van der Waals surface area (Å²) in [6, 6.07) is 36.2. The van der Waals surface area contributed by atoms with E-state index in [-0.39, 0.29) is 13.4 Å². The molecule has 0 aromatic heterocycles. The van der Waals surface area contributed by atoms with Crippen LogP contribution in [0.4, 0.5) is 0 Å². The van der Waals surface area contributed by atoms with E-state index in [1.54, 1.807) is 0 Å². The van der Waals surface area contributed by atoms with Crippen LogP contribution in [0.2, 0.25) is 0 Å². The van der Waals surface area contributed by atoms with Crippen molar-refractivity contribution in [2.45, 2.75) is 78.9 Å². The Morgan fingerprint density at radius 2 is 0.556 bits per heavy atom. The number of benzene rings is 6. The monoisotopic (exact) mass is 786 g/mol. The average Bonchev–Trinajstić information content (AvgIpc) is 3.14.